The van der Waals surface area contributed by atoms with Crippen LogP contribution in [-0.2, 0) is 20.0 Å². The van der Waals surface area contributed by atoms with E-state index in [9.17, 15) is 0 Å². The van der Waals surface area contributed by atoms with E-state index < -0.39 is 0 Å². The molecular weight excluding hydrogens is 326 g/mol. The van der Waals surface area contributed by atoms with Crippen molar-refractivity contribution in [2.75, 3.05) is 6.54 Å². The van der Waals surface area contributed by atoms with Crippen LogP contribution in [0.4, 0.5) is 0 Å². The van der Waals surface area contributed by atoms with Gasteiger partial charge in [-0.1, -0.05) is 23.4 Å². The van der Waals surface area contributed by atoms with E-state index in [2.05, 4.69) is 33.3 Å². The molecule has 6 nitrogen and oxygen atoms in total. The number of hydrogen-bond donors (Lipinski definition) is 0. The van der Waals surface area contributed by atoms with Crippen molar-refractivity contribution in [1.29, 1.82) is 0 Å². The van der Waals surface area contributed by atoms with Crippen LogP contribution in [0.25, 0.3) is 11.5 Å². The van der Waals surface area contributed by atoms with Gasteiger partial charge in [-0.2, -0.15) is 10.1 Å². The van der Waals surface area contributed by atoms with Crippen LogP contribution in [0.3, 0.4) is 0 Å². The van der Waals surface area contributed by atoms with Crippen LogP contribution in [0.1, 0.15) is 36.3 Å². The third kappa shape index (κ3) is 3.70. The largest absolute Gasteiger partial charge is 0.334 e. The molecule has 4 rings (SSSR count). The zero-order chi connectivity index (χ0) is 17.9. The van der Waals surface area contributed by atoms with E-state index in [1.165, 1.54) is 18.4 Å². The summed E-state index contributed by atoms with van der Waals surface area (Å²) in [5, 5.41) is 8.62. The molecule has 136 valence electrons. The van der Waals surface area contributed by atoms with Gasteiger partial charge in [-0.25, -0.2) is 0 Å². The molecule has 0 spiro atoms. The lowest BCUT2D eigenvalue weighted by Crippen LogP contribution is -2.29. The summed E-state index contributed by atoms with van der Waals surface area (Å²) in [6.45, 7) is 4.22. The third-order valence-corrected chi connectivity index (χ3v) is 5.18. The highest BCUT2D eigenvalue weighted by atomic mass is 16.5. The molecule has 6 heteroatoms. The van der Waals surface area contributed by atoms with Crippen molar-refractivity contribution in [2.45, 2.75) is 45.2 Å². The van der Waals surface area contributed by atoms with Crippen LogP contribution in [0.2, 0.25) is 0 Å². The van der Waals surface area contributed by atoms with E-state index in [0.717, 1.165) is 43.0 Å². The quantitative estimate of drug-likeness (QED) is 0.681. The first kappa shape index (κ1) is 17.0. The molecular formula is C20H25N5O. The molecule has 0 radical (unpaired) electrons. The summed E-state index contributed by atoms with van der Waals surface area (Å²) in [5.41, 5.74) is 3.43. The molecule has 3 heterocycles. The standard InChI is InChI=1S/C20H25N5O/c1-15-17(13-24(2)22-15)14-25-12-6-9-18(25)10-11-19-21-20(26-23-19)16-7-4-3-5-8-16/h3-5,7-8,13,18H,6,9-12,14H2,1-2H3. The monoisotopic (exact) mass is 351 g/mol. The second-order valence-electron chi connectivity index (χ2n) is 7.10. The lowest BCUT2D eigenvalue weighted by atomic mass is 10.1. The van der Waals surface area contributed by atoms with Gasteiger partial charge in [0.15, 0.2) is 5.82 Å². The summed E-state index contributed by atoms with van der Waals surface area (Å²) in [4.78, 5) is 7.13. The minimum atomic E-state index is 0.577. The highest BCUT2D eigenvalue weighted by Crippen LogP contribution is 2.25. The van der Waals surface area contributed by atoms with Gasteiger partial charge < -0.3 is 4.52 Å². The Kier molecular flexibility index (Phi) is 4.84. The summed E-state index contributed by atoms with van der Waals surface area (Å²) < 4.78 is 7.32. The molecule has 2 aromatic heterocycles. The molecule has 1 aliphatic heterocycles. The molecule has 3 aromatic rings. The third-order valence-electron chi connectivity index (χ3n) is 5.18. The number of nitrogens with zero attached hydrogens (tertiary/aromatic N) is 5. The molecule has 0 N–H and O–H groups in total. The average Bonchev–Trinajstić information content (AvgIpc) is 3.35. The minimum Gasteiger partial charge on any atom is -0.334 e. The minimum absolute atomic E-state index is 0.577. The molecule has 1 fully saturated rings. The van der Waals surface area contributed by atoms with E-state index in [4.69, 9.17) is 4.52 Å². The van der Waals surface area contributed by atoms with E-state index in [1.54, 1.807) is 0 Å². The predicted octanol–water partition coefficient (Wildman–Crippen LogP) is 3.38. The molecule has 1 unspecified atom stereocenters. The van der Waals surface area contributed by atoms with Crippen LogP contribution in [-0.4, -0.2) is 37.4 Å². The van der Waals surface area contributed by atoms with Crippen molar-refractivity contribution in [1.82, 2.24) is 24.8 Å². The Morgan fingerprint density at radius 1 is 1.23 bits per heavy atom. The van der Waals surface area contributed by atoms with Gasteiger partial charge in [-0.15, -0.1) is 0 Å². The fraction of sp³-hybridized carbons (Fsp3) is 0.450. The summed E-state index contributed by atoms with van der Waals surface area (Å²) in [7, 11) is 1.98. The summed E-state index contributed by atoms with van der Waals surface area (Å²) >= 11 is 0. The Bertz CT molecular complexity index is 854. The van der Waals surface area contributed by atoms with E-state index >= 15 is 0 Å². The van der Waals surface area contributed by atoms with Crippen molar-refractivity contribution in [3.05, 3.63) is 53.6 Å². The molecule has 1 aliphatic rings. The van der Waals surface area contributed by atoms with Crippen molar-refractivity contribution in [3.8, 4) is 11.5 Å². The predicted molar refractivity (Wildman–Crippen MR) is 99.4 cm³/mol. The molecule has 0 amide bonds. The SMILES string of the molecule is Cc1nn(C)cc1CN1CCCC1CCc1noc(-c2ccccc2)n1. The van der Waals surface area contributed by atoms with Gasteiger partial charge in [-0.05, 0) is 44.9 Å². The number of aromatic nitrogens is 4. The van der Waals surface area contributed by atoms with Gasteiger partial charge in [0.05, 0.1) is 5.69 Å². The van der Waals surface area contributed by atoms with Gasteiger partial charge in [0.25, 0.3) is 5.89 Å². The first-order valence-corrected chi connectivity index (χ1v) is 9.30. The summed E-state index contributed by atoms with van der Waals surface area (Å²) in [6, 6.07) is 10.5. The molecule has 1 aromatic carbocycles. The second-order valence-corrected chi connectivity index (χ2v) is 7.10. The first-order chi connectivity index (χ1) is 12.7. The zero-order valence-corrected chi connectivity index (χ0v) is 15.4. The van der Waals surface area contributed by atoms with E-state index in [1.807, 2.05) is 42.1 Å². The highest BCUT2D eigenvalue weighted by molar-refractivity contribution is 5.51. The fourth-order valence-corrected chi connectivity index (χ4v) is 3.80. The Balaban J connectivity index is 1.36. The van der Waals surface area contributed by atoms with Gasteiger partial charge in [0, 0.05) is 43.4 Å². The Labute approximate surface area is 153 Å². The maximum Gasteiger partial charge on any atom is 0.257 e. The van der Waals surface area contributed by atoms with Crippen LogP contribution in [0.5, 0.6) is 0 Å². The Hall–Kier alpha value is -2.47. The van der Waals surface area contributed by atoms with Gasteiger partial charge in [0.1, 0.15) is 0 Å². The van der Waals surface area contributed by atoms with E-state index in [0.29, 0.717) is 11.9 Å². The lowest BCUT2D eigenvalue weighted by Gasteiger charge is -2.23. The molecule has 0 saturated carbocycles. The molecule has 0 bridgehead atoms. The maximum absolute atomic E-state index is 5.42. The van der Waals surface area contributed by atoms with Crippen LogP contribution in [0.15, 0.2) is 41.1 Å². The number of benzene rings is 1. The first-order valence-electron chi connectivity index (χ1n) is 9.30. The zero-order valence-electron chi connectivity index (χ0n) is 15.4. The van der Waals surface area contributed by atoms with Crippen molar-refractivity contribution in [3.63, 3.8) is 0 Å². The number of hydrogen-bond acceptors (Lipinski definition) is 5. The number of aryl methyl sites for hydroxylation is 3. The average molecular weight is 351 g/mol. The summed E-state index contributed by atoms with van der Waals surface area (Å²) in [5.74, 6) is 1.41. The highest BCUT2D eigenvalue weighted by Gasteiger charge is 2.25. The van der Waals surface area contributed by atoms with Crippen LogP contribution in [0, 0.1) is 6.92 Å². The topological polar surface area (TPSA) is 60.0 Å². The molecule has 1 saturated heterocycles. The smallest absolute Gasteiger partial charge is 0.257 e. The molecule has 1 atom stereocenters. The van der Waals surface area contributed by atoms with Crippen LogP contribution >= 0.6 is 0 Å². The normalized spacial score (nSPS) is 17.8. The Morgan fingerprint density at radius 3 is 2.85 bits per heavy atom. The van der Waals surface area contributed by atoms with E-state index in [-0.39, 0.29) is 0 Å². The van der Waals surface area contributed by atoms with Gasteiger partial charge in [-0.3, -0.25) is 9.58 Å². The molecule has 0 aliphatic carbocycles. The Morgan fingerprint density at radius 2 is 2.08 bits per heavy atom. The molecule has 26 heavy (non-hydrogen) atoms. The fourth-order valence-electron chi connectivity index (χ4n) is 3.80. The van der Waals surface area contributed by atoms with Gasteiger partial charge >= 0.3 is 0 Å². The number of rotatable bonds is 6. The van der Waals surface area contributed by atoms with Crippen molar-refractivity contribution in [2.24, 2.45) is 7.05 Å². The van der Waals surface area contributed by atoms with Crippen LogP contribution < -0.4 is 0 Å². The second kappa shape index (κ2) is 7.41. The number of likely N-dealkylation sites (tertiary alicyclic amines) is 1. The summed E-state index contributed by atoms with van der Waals surface area (Å²) in [6.07, 6.45) is 6.54. The van der Waals surface area contributed by atoms with Crippen molar-refractivity contribution < 1.29 is 4.52 Å². The maximum atomic E-state index is 5.42. The lowest BCUT2D eigenvalue weighted by molar-refractivity contribution is 0.233. The van der Waals surface area contributed by atoms with Crippen molar-refractivity contribution >= 4 is 0 Å². The van der Waals surface area contributed by atoms with Gasteiger partial charge in [0.2, 0.25) is 0 Å².